The van der Waals surface area contributed by atoms with Crippen molar-refractivity contribution in [2.45, 2.75) is 104 Å². The third-order valence-corrected chi connectivity index (χ3v) is 5.94. The van der Waals surface area contributed by atoms with Crippen molar-refractivity contribution in [2.24, 2.45) is 0 Å². The number of carbonyl (C=O) groups excluding carboxylic acids is 2. The van der Waals surface area contributed by atoms with Crippen LogP contribution in [-0.2, 0) is 22.3 Å². The van der Waals surface area contributed by atoms with E-state index < -0.39 is 5.97 Å². The quantitative estimate of drug-likeness (QED) is 0.219. The molecule has 2 rings (SSSR count). The van der Waals surface area contributed by atoms with E-state index in [-0.39, 0.29) is 5.97 Å². The van der Waals surface area contributed by atoms with Crippen molar-refractivity contribution < 1.29 is 19.1 Å². The second-order valence-electron chi connectivity index (χ2n) is 8.43. The summed E-state index contributed by atoms with van der Waals surface area (Å²) in [7, 11) is 0. The van der Waals surface area contributed by atoms with Crippen molar-refractivity contribution in [1.82, 2.24) is 0 Å². The lowest BCUT2D eigenvalue weighted by Gasteiger charge is -2.23. The van der Waals surface area contributed by atoms with Crippen LogP contribution in [0, 0.1) is 0 Å². The standard InChI is InChI=1S/C26H40O4/c1-3-5-7-9-11-13-19-29-25(27)23-18-16-21-15-17-22(21)24(23)26(28)30-20-14-12-10-8-6-4-2/h16,18H,3-15,17,19-20H2,1-2H3. The van der Waals surface area contributed by atoms with Crippen LogP contribution in [-0.4, -0.2) is 25.2 Å². The molecule has 4 nitrogen and oxygen atoms in total. The van der Waals surface area contributed by atoms with E-state index in [1.807, 2.05) is 6.07 Å². The maximum atomic E-state index is 12.8. The monoisotopic (exact) mass is 416 g/mol. The summed E-state index contributed by atoms with van der Waals surface area (Å²) in [4.78, 5) is 25.4. The third-order valence-electron chi connectivity index (χ3n) is 5.94. The van der Waals surface area contributed by atoms with Gasteiger partial charge in [-0.3, -0.25) is 0 Å². The van der Waals surface area contributed by atoms with Gasteiger partial charge in [0.2, 0.25) is 0 Å². The van der Waals surface area contributed by atoms with Crippen molar-refractivity contribution in [3.05, 3.63) is 34.4 Å². The SMILES string of the molecule is CCCCCCCCOC(=O)c1ccc2c(c1C(=O)OCCCCCCCC)CC2. The van der Waals surface area contributed by atoms with Crippen LogP contribution in [0.3, 0.4) is 0 Å². The Balaban J connectivity index is 1.82. The Morgan fingerprint density at radius 2 is 1.23 bits per heavy atom. The first-order chi connectivity index (χ1) is 14.7. The fourth-order valence-electron chi connectivity index (χ4n) is 3.94. The van der Waals surface area contributed by atoms with Crippen LogP contribution in [0.1, 0.15) is 123 Å². The molecule has 168 valence electrons. The number of aryl methyl sites for hydroxylation is 1. The fourth-order valence-corrected chi connectivity index (χ4v) is 3.94. The lowest BCUT2D eigenvalue weighted by Crippen LogP contribution is -2.22. The molecule has 0 aromatic heterocycles. The molecule has 1 aliphatic carbocycles. The Morgan fingerprint density at radius 3 is 1.77 bits per heavy atom. The largest absolute Gasteiger partial charge is 0.462 e. The van der Waals surface area contributed by atoms with E-state index in [2.05, 4.69) is 13.8 Å². The summed E-state index contributed by atoms with van der Waals surface area (Å²) >= 11 is 0. The topological polar surface area (TPSA) is 52.6 Å². The molecule has 1 aromatic carbocycles. The van der Waals surface area contributed by atoms with Gasteiger partial charge in [-0.05, 0) is 42.9 Å². The van der Waals surface area contributed by atoms with Gasteiger partial charge in [0.15, 0.2) is 0 Å². The van der Waals surface area contributed by atoms with Gasteiger partial charge in [-0.15, -0.1) is 0 Å². The molecule has 0 atom stereocenters. The van der Waals surface area contributed by atoms with Crippen molar-refractivity contribution in [2.75, 3.05) is 13.2 Å². The minimum atomic E-state index is -0.398. The molecular formula is C26H40O4. The van der Waals surface area contributed by atoms with Crippen molar-refractivity contribution in [3.63, 3.8) is 0 Å². The molecule has 0 unspecified atom stereocenters. The smallest absolute Gasteiger partial charge is 0.339 e. The van der Waals surface area contributed by atoms with Crippen LogP contribution in [0.5, 0.6) is 0 Å². The van der Waals surface area contributed by atoms with E-state index in [4.69, 9.17) is 9.47 Å². The number of hydrogen-bond donors (Lipinski definition) is 0. The van der Waals surface area contributed by atoms with Crippen LogP contribution < -0.4 is 0 Å². The Morgan fingerprint density at radius 1 is 0.700 bits per heavy atom. The minimum Gasteiger partial charge on any atom is -0.462 e. The molecular weight excluding hydrogens is 376 g/mol. The number of fused-ring (bicyclic) bond motifs is 1. The van der Waals surface area contributed by atoms with Crippen molar-refractivity contribution in [3.8, 4) is 0 Å². The second-order valence-corrected chi connectivity index (χ2v) is 8.43. The molecule has 0 fully saturated rings. The minimum absolute atomic E-state index is 0.368. The molecule has 4 heteroatoms. The Bertz CT molecular complexity index is 665. The lowest BCUT2D eigenvalue weighted by atomic mass is 9.82. The molecule has 1 aliphatic rings. The number of esters is 2. The molecule has 0 N–H and O–H groups in total. The molecule has 0 aliphatic heterocycles. The summed E-state index contributed by atoms with van der Waals surface area (Å²) in [5, 5.41) is 0. The van der Waals surface area contributed by atoms with Crippen LogP contribution >= 0.6 is 0 Å². The number of ether oxygens (including phenoxy) is 2. The van der Waals surface area contributed by atoms with E-state index in [1.165, 1.54) is 51.4 Å². The van der Waals surface area contributed by atoms with Gasteiger partial charge >= 0.3 is 11.9 Å². The first kappa shape index (κ1) is 24.4. The lowest BCUT2D eigenvalue weighted by molar-refractivity contribution is 0.0448. The summed E-state index contributed by atoms with van der Waals surface area (Å²) in [6.07, 6.45) is 15.5. The van der Waals surface area contributed by atoms with E-state index in [9.17, 15) is 9.59 Å². The molecule has 0 amide bonds. The van der Waals surface area contributed by atoms with Gasteiger partial charge in [0.1, 0.15) is 0 Å². The van der Waals surface area contributed by atoms with Crippen molar-refractivity contribution in [1.29, 1.82) is 0 Å². The van der Waals surface area contributed by atoms with Gasteiger partial charge in [0.25, 0.3) is 0 Å². The molecule has 0 saturated carbocycles. The maximum absolute atomic E-state index is 12.8. The fraction of sp³-hybridized carbons (Fsp3) is 0.692. The summed E-state index contributed by atoms with van der Waals surface area (Å²) in [5.41, 5.74) is 2.93. The maximum Gasteiger partial charge on any atom is 0.339 e. The van der Waals surface area contributed by atoms with Crippen LogP contribution in [0.4, 0.5) is 0 Å². The summed E-state index contributed by atoms with van der Waals surface area (Å²) in [6.45, 7) is 5.23. The van der Waals surface area contributed by atoms with Gasteiger partial charge in [0, 0.05) is 0 Å². The molecule has 0 bridgehead atoms. The van der Waals surface area contributed by atoms with Gasteiger partial charge < -0.3 is 9.47 Å². The first-order valence-corrected chi connectivity index (χ1v) is 12.2. The highest BCUT2D eigenvalue weighted by Gasteiger charge is 2.28. The van der Waals surface area contributed by atoms with Crippen molar-refractivity contribution >= 4 is 11.9 Å². The Hall–Kier alpha value is -1.84. The van der Waals surface area contributed by atoms with Gasteiger partial charge in [-0.2, -0.15) is 0 Å². The van der Waals surface area contributed by atoms with Gasteiger partial charge in [0.05, 0.1) is 24.3 Å². The Labute approximate surface area is 182 Å². The average molecular weight is 417 g/mol. The molecule has 0 radical (unpaired) electrons. The average Bonchev–Trinajstić information content (AvgIpc) is 2.72. The zero-order valence-electron chi connectivity index (χ0n) is 19.1. The normalized spacial score (nSPS) is 12.2. The van der Waals surface area contributed by atoms with Crippen LogP contribution in [0.15, 0.2) is 12.1 Å². The highest BCUT2D eigenvalue weighted by molar-refractivity contribution is 6.04. The summed E-state index contributed by atoms with van der Waals surface area (Å²) in [5.74, 6) is -0.767. The van der Waals surface area contributed by atoms with Crippen LogP contribution in [0.25, 0.3) is 0 Å². The molecule has 30 heavy (non-hydrogen) atoms. The molecule has 1 aromatic rings. The number of unbranched alkanes of at least 4 members (excludes halogenated alkanes) is 10. The molecule has 0 spiro atoms. The van der Waals surface area contributed by atoms with Gasteiger partial charge in [-0.25, -0.2) is 9.59 Å². The number of benzene rings is 1. The summed E-state index contributed by atoms with van der Waals surface area (Å²) < 4.78 is 11.0. The number of hydrogen-bond acceptors (Lipinski definition) is 4. The molecule has 0 heterocycles. The molecule has 0 saturated heterocycles. The summed E-state index contributed by atoms with van der Waals surface area (Å²) in [6, 6.07) is 3.69. The highest BCUT2D eigenvalue weighted by Crippen LogP contribution is 2.30. The van der Waals surface area contributed by atoms with Gasteiger partial charge in [-0.1, -0.05) is 84.1 Å². The zero-order chi connectivity index (χ0) is 21.6. The predicted octanol–water partition coefficient (Wildman–Crippen LogP) is 6.82. The van der Waals surface area contributed by atoms with E-state index in [0.29, 0.717) is 24.3 Å². The van der Waals surface area contributed by atoms with E-state index in [0.717, 1.165) is 49.7 Å². The number of carbonyl (C=O) groups is 2. The highest BCUT2D eigenvalue weighted by atomic mass is 16.5. The third kappa shape index (κ3) is 7.77. The Kier molecular flexibility index (Phi) is 11.6. The van der Waals surface area contributed by atoms with E-state index >= 15 is 0 Å². The second kappa shape index (κ2) is 14.2. The van der Waals surface area contributed by atoms with E-state index in [1.54, 1.807) is 6.07 Å². The predicted molar refractivity (Wildman–Crippen MR) is 121 cm³/mol. The first-order valence-electron chi connectivity index (χ1n) is 12.2. The zero-order valence-corrected chi connectivity index (χ0v) is 19.1. The van der Waals surface area contributed by atoms with Crippen LogP contribution in [0.2, 0.25) is 0 Å². The number of rotatable bonds is 16.